The Kier molecular flexibility index (Phi) is 5.96. The van der Waals surface area contributed by atoms with Crippen molar-refractivity contribution in [1.29, 1.82) is 0 Å². The van der Waals surface area contributed by atoms with Gasteiger partial charge in [0, 0.05) is 39.3 Å². The number of aromatic nitrogens is 2. The maximum absolute atomic E-state index is 11.9. The largest absolute Gasteiger partial charge is 0.497 e. The van der Waals surface area contributed by atoms with Crippen molar-refractivity contribution >= 4 is 10.9 Å². The molecule has 3 aromatic rings. The summed E-state index contributed by atoms with van der Waals surface area (Å²) in [5, 5.41) is 0.778. The number of rotatable bonds is 3. The van der Waals surface area contributed by atoms with Gasteiger partial charge in [-0.3, -0.25) is 0 Å². The number of methoxy groups -OCH3 is 1. The van der Waals surface area contributed by atoms with E-state index in [-0.39, 0.29) is 38.4 Å². The fourth-order valence-electron chi connectivity index (χ4n) is 2.08. The normalized spacial score (nSPS) is 9.68. The number of hydrogen-bond donors (Lipinski definition) is 0. The van der Waals surface area contributed by atoms with E-state index >= 15 is 0 Å². The van der Waals surface area contributed by atoms with Crippen molar-refractivity contribution in [1.82, 2.24) is 9.55 Å². The van der Waals surface area contributed by atoms with Gasteiger partial charge in [0.1, 0.15) is 5.75 Å². The molecular weight excluding hydrogens is 608 g/mol. The summed E-state index contributed by atoms with van der Waals surface area (Å²) in [4.78, 5) is 15.7. The molecule has 0 amide bonds. The molecule has 0 unspecified atom stereocenters. The van der Waals surface area contributed by atoms with Gasteiger partial charge in [-0.1, -0.05) is 12.1 Å². The van der Waals surface area contributed by atoms with E-state index in [9.17, 15) is 4.79 Å². The number of nitrogens with zero attached hydrogens (tertiary/aromatic N) is 2. The van der Waals surface area contributed by atoms with Crippen molar-refractivity contribution < 1.29 is 37.4 Å². The van der Waals surface area contributed by atoms with Gasteiger partial charge >= 0.3 is 0 Å². The zero-order valence-corrected chi connectivity index (χ0v) is 21.5. The van der Waals surface area contributed by atoms with E-state index in [0.29, 0.717) is 6.54 Å². The van der Waals surface area contributed by atoms with Crippen LogP contribution in [-0.2, 0) is 39.3 Å². The summed E-state index contributed by atoms with van der Waals surface area (Å²) < 4.78 is 6.75. The Bertz CT molecular complexity index is 803. The predicted molar refractivity (Wildman–Crippen MR) is 75.8 cm³/mol. The molecule has 0 fully saturated rings. The van der Waals surface area contributed by atoms with Crippen LogP contribution in [0.4, 0.5) is 0 Å². The van der Waals surface area contributed by atoms with E-state index in [1.54, 1.807) is 23.8 Å². The van der Waals surface area contributed by atoms with Crippen LogP contribution < -0.4 is 10.4 Å². The molecular formula is C16H12N2O2RfY-2. The third kappa shape index (κ3) is 3.38. The van der Waals surface area contributed by atoms with E-state index in [0.717, 1.165) is 22.2 Å². The Labute approximate surface area is 147 Å². The van der Waals surface area contributed by atoms with Crippen molar-refractivity contribution in [2.45, 2.75) is 6.54 Å². The molecule has 0 atom stereocenters. The minimum atomic E-state index is -0.306. The molecule has 1 aromatic heterocycles. The molecule has 6 heteroatoms. The molecule has 0 aliphatic rings. The Morgan fingerprint density at radius 2 is 1.95 bits per heavy atom. The van der Waals surface area contributed by atoms with E-state index in [1.165, 1.54) is 0 Å². The molecule has 1 heterocycles. The second-order valence-corrected chi connectivity index (χ2v) is 4.38. The van der Waals surface area contributed by atoms with Gasteiger partial charge in [0.2, 0.25) is 0 Å². The van der Waals surface area contributed by atoms with Gasteiger partial charge in [0.05, 0.1) is 7.11 Å². The third-order valence-electron chi connectivity index (χ3n) is 3.13. The van der Waals surface area contributed by atoms with Crippen molar-refractivity contribution in [2.75, 3.05) is 7.11 Å². The topological polar surface area (TPSA) is 44.1 Å². The summed E-state index contributed by atoms with van der Waals surface area (Å²) in [7, 11) is 1.63. The number of ether oxygens (including phenoxy) is 1. The first-order valence-electron chi connectivity index (χ1n) is 6.19. The Morgan fingerprint density at radius 1 is 1.23 bits per heavy atom. The van der Waals surface area contributed by atoms with Gasteiger partial charge in [-0.25, -0.2) is 17.5 Å². The molecule has 0 aliphatic carbocycles. The fourth-order valence-corrected chi connectivity index (χ4v) is 2.08. The monoisotopic (exact) mass is 620 g/mol. The third-order valence-corrected chi connectivity index (χ3v) is 3.13. The van der Waals surface area contributed by atoms with Gasteiger partial charge in [-0.15, -0.1) is 11.7 Å². The molecule has 105 valence electrons. The summed E-state index contributed by atoms with van der Waals surface area (Å²) in [5.74, 6) is 0.792. The Hall–Kier alpha value is -2.52. The standard InChI is InChI=1S/C16H12N2O2.Rf.Y/c1-20-14-8-6-12(7-9-14)11-18-15-5-3-2-4-13(15)10-17-16(18)19;;/h3-9H,11H2,1H3;;/q-2;;. The summed E-state index contributed by atoms with van der Waals surface area (Å²) in [6, 6.07) is 16.0. The van der Waals surface area contributed by atoms with Gasteiger partial charge in [-0.2, -0.15) is 12.1 Å². The first-order chi connectivity index (χ1) is 9.78. The number of hydrogen-bond acceptors (Lipinski definition) is 3. The van der Waals surface area contributed by atoms with Crippen molar-refractivity contribution in [3.8, 4) is 5.75 Å². The quantitative estimate of drug-likeness (QED) is 0.422. The minimum absolute atomic E-state index is 0. The summed E-state index contributed by atoms with van der Waals surface area (Å²) in [6.45, 7) is 0.463. The van der Waals surface area contributed by atoms with Crippen molar-refractivity contribution in [3.63, 3.8) is 0 Å². The van der Waals surface area contributed by atoms with Crippen LogP contribution in [0.25, 0.3) is 10.9 Å². The SMILES string of the molecule is COc1ccc(Cn2c(=O)n[c-]c3c[c-]ccc32)cc1.[Rf].[Y]. The second kappa shape index (κ2) is 7.48. The van der Waals surface area contributed by atoms with Gasteiger partial charge in [0.15, 0.2) is 0 Å². The fraction of sp³-hybridized carbons (Fsp3) is 0.125. The zero-order chi connectivity index (χ0) is 13.9. The van der Waals surface area contributed by atoms with Gasteiger partial charge in [-0.05, 0) is 17.7 Å². The van der Waals surface area contributed by atoms with Crippen molar-refractivity contribution in [2.24, 2.45) is 0 Å². The van der Waals surface area contributed by atoms with Crippen LogP contribution >= 0.6 is 0 Å². The minimum Gasteiger partial charge on any atom is -0.497 e. The molecule has 0 saturated carbocycles. The Balaban J connectivity index is 0.00000121. The maximum atomic E-state index is 11.9. The number of fused-ring (bicyclic) bond motifs is 1. The van der Waals surface area contributed by atoms with Gasteiger partial charge < -0.3 is 19.1 Å². The van der Waals surface area contributed by atoms with Crippen LogP contribution in [-0.4, -0.2) is 16.7 Å². The molecule has 3 rings (SSSR count). The van der Waals surface area contributed by atoms with Crippen LogP contribution in [0.1, 0.15) is 5.56 Å². The molecule has 1 radical (unpaired) electrons. The van der Waals surface area contributed by atoms with E-state index in [1.807, 2.05) is 30.3 Å². The molecule has 0 bridgehead atoms. The number of benzene rings is 2. The summed E-state index contributed by atoms with van der Waals surface area (Å²) in [6.07, 6.45) is 2.73. The van der Waals surface area contributed by atoms with Crippen LogP contribution in [0, 0.1) is 12.3 Å². The molecule has 0 aliphatic heterocycles. The zero-order valence-electron chi connectivity index (χ0n) is 12.2. The van der Waals surface area contributed by atoms with Crippen LogP contribution in [0.15, 0.2) is 47.3 Å². The van der Waals surface area contributed by atoms with Crippen molar-refractivity contribution in [3.05, 3.63) is 70.8 Å². The predicted octanol–water partition coefficient (Wildman–Crippen LogP) is 2.05. The molecule has 0 saturated heterocycles. The molecule has 0 N–H and O–H groups in total. The smallest absolute Gasteiger partial charge is 0.258 e. The summed E-state index contributed by atoms with van der Waals surface area (Å²) in [5.41, 5.74) is 1.51. The van der Waals surface area contributed by atoms with E-state index < -0.39 is 0 Å². The van der Waals surface area contributed by atoms with E-state index in [2.05, 4.69) is 17.2 Å². The average molecular weight is 620 g/mol. The second-order valence-electron chi connectivity index (χ2n) is 4.38. The average Bonchev–Trinajstić information content (AvgIpc) is 2.51. The first-order valence-corrected chi connectivity index (χ1v) is 6.19. The maximum Gasteiger partial charge on any atom is 0.258 e. The Morgan fingerprint density at radius 3 is 2.64 bits per heavy atom. The summed E-state index contributed by atoms with van der Waals surface area (Å²) >= 11 is 0. The van der Waals surface area contributed by atoms with Crippen LogP contribution in [0.3, 0.4) is 0 Å². The molecule has 4 nitrogen and oxygen atoms in total. The molecule has 0 spiro atoms. The van der Waals surface area contributed by atoms with Crippen LogP contribution in [0.2, 0.25) is 0 Å². The molecule has 2 aromatic carbocycles. The first kappa shape index (κ1) is 17.5. The van der Waals surface area contributed by atoms with E-state index in [4.69, 9.17) is 4.74 Å². The molecule has 22 heavy (non-hydrogen) atoms. The van der Waals surface area contributed by atoms with Crippen LogP contribution in [0.5, 0.6) is 5.75 Å². The van der Waals surface area contributed by atoms with Gasteiger partial charge in [0.25, 0.3) is 5.69 Å².